The van der Waals surface area contributed by atoms with E-state index >= 15 is 0 Å². The van der Waals surface area contributed by atoms with E-state index in [2.05, 4.69) is 50.4 Å². The summed E-state index contributed by atoms with van der Waals surface area (Å²) in [4.78, 5) is 0. The van der Waals surface area contributed by atoms with Gasteiger partial charge in [-0.2, -0.15) is 0 Å². The molecule has 1 aliphatic rings. The van der Waals surface area contributed by atoms with Crippen LogP contribution in [-0.4, -0.2) is 18.8 Å². The Kier molecular flexibility index (Phi) is 4.79. The summed E-state index contributed by atoms with van der Waals surface area (Å²) in [5, 5.41) is 3.74. The van der Waals surface area contributed by atoms with Crippen molar-refractivity contribution in [3.63, 3.8) is 0 Å². The Balaban J connectivity index is 2.02. The molecule has 3 atom stereocenters. The molecule has 100 valence electrons. The van der Waals surface area contributed by atoms with E-state index in [9.17, 15) is 0 Å². The Labute approximate surface area is 111 Å². The molecule has 1 saturated heterocycles. The minimum Gasteiger partial charge on any atom is -0.377 e. The largest absolute Gasteiger partial charge is 0.377 e. The minimum absolute atomic E-state index is 0.342. The molecule has 0 aliphatic carbocycles. The molecule has 0 spiro atoms. The number of hydrogen-bond acceptors (Lipinski definition) is 2. The molecule has 1 aliphatic heterocycles. The van der Waals surface area contributed by atoms with Crippen LogP contribution < -0.4 is 5.32 Å². The van der Waals surface area contributed by atoms with E-state index in [1.54, 1.807) is 0 Å². The van der Waals surface area contributed by atoms with E-state index in [-0.39, 0.29) is 0 Å². The second-order valence-electron chi connectivity index (χ2n) is 5.19. The fourth-order valence-corrected chi connectivity index (χ4v) is 2.64. The fraction of sp³-hybridized carbons (Fsp3) is 0.625. The summed E-state index contributed by atoms with van der Waals surface area (Å²) in [6, 6.07) is 9.97. The molecule has 2 heteroatoms. The van der Waals surface area contributed by atoms with Gasteiger partial charge in [0.15, 0.2) is 0 Å². The number of rotatable bonds is 5. The van der Waals surface area contributed by atoms with Crippen LogP contribution in [0.3, 0.4) is 0 Å². The van der Waals surface area contributed by atoms with Gasteiger partial charge in [-0.05, 0) is 37.3 Å². The van der Waals surface area contributed by atoms with Crippen molar-refractivity contribution in [2.75, 3.05) is 6.61 Å². The molecule has 0 radical (unpaired) electrons. The van der Waals surface area contributed by atoms with Crippen LogP contribution in [0.2, 0.25) is 0 Å². The van der Waals surface area contributed by atoms with Crippen LogP contribution in [0.25, 0.3) is 0 Å². The van der Waals surface area contributed by atoms with Gasteiger partial charge in [0, 0.05) is 18.7 Å². The maximum atomic E-state index is 5.62. The fourth-order valence-electron chi connectivity index (χ4n) is 2.64. The first kappa shape index (κ1) is 13.6. The summed E-state index contributed by atoms with van der Waals surface area (Å²) in [5.74, 6) is 0. The Morgan fingerprint density at radius 1 is 1.28 bits per heavy atom. The van der Waals surface area contributed by atoms with Gasteiger partial charge in [-0.1, -0.05) is 38.1 Å². The zero-order valence-corrected chi connectivity index (χ0v) is 11.8. The lowest BCUT2D eigenvalue weighted by molar-refractivity contribution is 0.110. The summed E-state index contributed by atoms with van der Waals surface area (Å²) >= 11 is 0. The van der Waals surface area contributed by atoms with Crippen molar-refractivity contribution in [1.82, 2.24) is 5.32 Å². The Bertz CT molecular complexity index is 360. The van der Waals surface area contributed by atoms with Crippen molar-refractivity contribution in [2.24, 2.45) is 0 Å². The summed E-state index contributed by atoms with van der Waals surface area (Å²) in [5.41, 5.74) is 2.81. The first-order valence-electron chi connectivity index (χ1n) is 7.21. The van der Waals surface area contributed by atoms with E-state index in [4.69, 9.17) is 4.74 Å². The zero-order chi connectivity index (χ0) is 13.0. The van der Waals surface area contributed by atoms with Crippen molar-refractivity contribution < 1.29 is 4.74 Å². The first-order chi connectivity index (χ1) is 8.74. The molecule has 0 amide bonds. The lowest BCUT2D eigenvalue weighted by atomic mass is 10.00. The molecule has 0 saturated carbocycles. The normalized spacial score (nSPS) is 25.3. The van der Waals surface area contributed by atoms with Crippen molar-refractivity contribution in [3.05, 3.63) is 35.4 Å². The van der Waals surface area contributed by atoms with Crippen LogP contribution in [0.4, 0.5) is 0 Å². The highest BCUT2D eigenvalue weighted by molar-refractivity contribution is 5.25. The monoisotopic (exact) mass is 247 g/mol. The smallest absolute Gasteiger partial charge is 0.0700 e. The van der Waals surface area contributed by atoms with Crippen molar-refractivity contribution >= 4 is 0 Å². The lowest BCUT2D eigenvalue weighted by Crippen LogP contribution is -2.37. The molecular formula is C16H25NO. The van der Waals surface area contributed by atoms with Crippen LogP contribution in [0.1, 0.15) is 50.8 Å². The average Bonchev–Trinajstić information content (AvgIpc) is 2.81. The van der Waals surface area contributed by atoms with Gasteiger partial charge in [-0.25, -0.2) is 0 Å². The van der Waals surface area contributed by atoms with Gasteiger partial charge < -0.3 is 10.1 Å². The Morgan fingerprint density at radius 3 is 2.50 bits per heavy atom. The van der Waals surface area contributed by atoms with E-state index in [1.807, 2.05) is 0 Å². The molecule has 0 aromatic heterocycles. The van der Waals surface area contributed by atoms with Gasteiger partial charge in [0.1, 0.15) is 0 Å². The zero-order valence-electron chi connectivity index (χ0n) is 11.8. The first-order valence-corrected chi connectivity index (χ1v) is 7.21. The molecule has 18 heavy (non-hydrogen) atoms. The van der Waals surface area contributed by atoms with Crippen molar-refractivity contribution in [2.45, 2.75) is 58.2 Å². The van der Waals surface area contributed by atoms with Crippen LogP contribution in [0, 0.1) is 0 Å². The SMILES string of the molecule is CCc1ccc(C(CC)NC2CCOC2C)cc1. The molecule has 1 fully saturated rings. The van der Waals surface area contributed by atoms with Gasteiger partial charge in [-0.15, -0.1) is 0 Å². The maximum Gasteiger partial charge on any atom is 0.0700 e. The van der Waals surface area contributed by atoms with Gasteiger partial charge >= 0.3 is 0 Å². The van der Waals surface area contributed by atoms with E-state index < -0.39 is 0 Å². The Hall–Kier alpha value is -0.860. The highest BCUT2D eigenvalue weighted by Crippen LogP contribution is 2.22. The molecule has 3 unspecified atom stereocenters. The summed E-state index contributed by atoms with van der Waals surface area (Å²) in [6.45, 7) is 7.50. The summed E-state index contributed by atoms with van der Waals surface area (Å²) < 4.78 is 5.62. The molecule has 0 bridgehead atoms. The highest BCUT2D eigenvalue weighted by atomic mass is 16.5. The molecule has 2 rings (SSSR count). The number of ether oxygens (including phenoxy) is 1. The van der Waals surface area contributed by atoms with Gasteiger partial charge in [0.25, 0.3) is 0 Å². The molecule has 1 aromatic carbocycles. The van der Waals surface area contributed by atoms with Crippen molar-refractivity contribution in [1.29, 1.82) is 0 Å². The molecule has 2 nitrogen and oxygen atoms in total. The van der Waals surface area contributed by atoms with Crippen molar-refractivity contribution in [3.8, 4) is 0 Å². The molecular weight excluding hydrogens is 222 g/mol. The second kappa shape index (κ2) is 6.35. The number of aryl methyl sites for hydroxylation is 1. The minimum atomic E-state index is 0.342. The standard InChI is InChI=1S/C16H25NO/c1-4-13-6-8-14(9-7-13)15(5-2)17-16-10-11-18-12(16)3/h6-9,12,15-17H,4-5,10-11H2,1-3H3. The maximum absolute atomic E-state index is 5.62. The average molecular weight is 247 g/mol. The Morgan fingerprint density at radius 2 is 2.00 bits per heavy atom. The number of benzene rings is 1. The third-order valence-corrected chi connectivity index (χ3v) is 3.99. The molecule has 1 N–H and O–H groups in total. The van der Waals surface area contributed by atoms with Crippen LogP contribution >= 0.6 is 0 Å². The third kappa shape index (κ3) is 3.12. The van der Waals surface area contributed by atoms with E-state index in [1.165, 1.54) is 11.1 Å². The topological polar surface area (TPSA) is 21.3 Å². The summed E-state index contributed by atoms with van der Waals surface area (Å²) in [7, 11) is 0. The predicted octanol–water partition coefficient (Wildman–Crippen LogP) is 3.47. The number of hydrogen-bond donors (Lipinski definition) is 1. The molecule has 1 heterocycles. The highest BCUT2D eigenvalue weighted by Gasteiger charge is 2.26. The van der Waals surface area contributed by atoms with Crippen LogP contribution in [0.15, 0.2) is 24.3 Å². The van der Waals surface area contributed by atoms with Gasteiger partial charge in [0.2, 0.25) is 0 Å². The van der Waals surface area contributed by atoms with Crippen LogP contribution in [-0.2, 0) is 11.2 Å². The predicted molar refractivity (Wildman–Crippen MR) is 75.8 cm³/mol. The van der Waals surface area contributed by atoms with E-state index in [0.717, 1.165) is 25.9 Å². The molecule has 1 aromatic rings. The quantitative estimate of drug-likeness (QED) is 0.860. The van der Waals surface area contributed by atoms with Crippen LogP contribution in [0.5, 0.6) is 0 Å². The lowest BCUT2D eigenvalue weighted by Gasteiger charge is -2.24. The third-order valence-electron chi connectivity index (χ3n) is 3.99. The van der Waals surface area contributed by atoms with Gasteiger partial charge in [0.05, 0.1) is 6.10 Å². The number of nitrogens with one attached hydrogen (secondary N) is 1. The second-order valence-corrected chi connectivity index (χ2v) is 5.19. The summed E-state index contributed by atoms with van der Waals surface area (Å²) in [6.07, 6.45) is 3.70. The van der Waals surface area contributed by atoms with Gasteiger partial charge in [-0.3, -0.25) is 0 Å². The van der Waals surface area contributed by atoms with E-state index in [0.29, 0.717) is 18.2 Å².